The smallest absolute Gasteiger partial charge is 0.245 e. The van der Waals surface area contributed by atoms with Gasteiger partial charge in [0, 0.05) is 26.1 Å². The third kappa shape index (κ3) is 3.90. The first-order valence-corrected chi connectivity index (χ1v) is 9.50. The minimum Gasteiger partial charge on any atom is -0.340 e. The summed E-state index contributed by atoms with van der Waals surface area (Å²) in [7, 11) is 1.84. The molecular formula is C22H28N2O2. The highest BCUT2D eigenvalue weighted by Gasteiger charge is 2.34. The topological polar surface area (TPSA) is 40.6 Å². The SMILES string of the molecule is CC(C)C(=O)N1CCCC[C@H]1C(=O)N(C)Cc1ccc2ccccc2c1. The van der Waals surface area contributed by atoms with E-state index in [1.807, 2.05) is 33.0 Å². The Bertz CT molecular complexity index is 800. The van der Waals surface area contributed by atoms with E-state index < -0.39 is 0 Å². The lowest BCUT2D eigenvalue weighted by molar-refractivity contribution is -0.149. The van der Waals surface area contributed by atoms with Gasteiger partial charge in [0.25, 0.3) is 0 Å². The van der Waals surface area contributed by atoms with Gasteiger partial charge in [0.1, 0.15) is 6.04 Å². The molecule has 0 unspecified atom stereocenters. The van der Waals surface area contributed by atoms with E-state index in [9.17, 15) is 9.59 Å². The fraction of sp³-hybridized carbons (Fsp3) is 0.455. The van der Waals surface area contributed by atoms with Crippen LogP contribution in [0.25, 0.3) is 10.8 Å². The fourth-order valence-electron chi connectivity index (χ4n) is 3.73. The predicted octanol–water partition coefficient (Wildman–Crippen LogP) is 3.84. The molecule has 0 saturated carbocycles. The molecule has 0 radical (unpaired) electrons. The maximum absolute atomic E-state index is 13.0. The maximum Gasteiger partial charge on any atom is 0.245 e. The molecule has 0 aliphatic carbocycles. The van der Waals surface area contributed by atoms with Gasteiger partial charge in [0.2, 0.25) is 11.8 Å². The summed E-state index contributed by atoms with van der Waals surface area (Å²) in [6, 6.07) is 14.2. The van der Waals surface area contributed by atoms with Gasteiger partial charge in [0.15, 0.2) is 0 Å². The van der Waals surface area contributed by atoms with Crippen LogP contribution in [-0.4, -0.2) is 41.2 Å². The van der Waals surface area contributed by atoms with Crippen molar-refractivity contribution in [2.75, 3.05) is 13.6 Å². The van der Waals surface area contributed by atoms with E-state index in [4.69, 9.17) is 0 Å². The van der Waals surface area contributed by atoms with Crippen LogP contribution in [-0.2, 0) is 16.1 Å². The highest BCUT2D eigenvalue weighted by atomic mass is 16.2. The molecule has 0 aromatic heterocycles. The minimum absolute atomic E-state index is 0.0480. The summed E-state index contributed by atoms with van der Waals surface area (Å²) in [5, 5.41) is 2.38. The molecule has 0 N–H and O–H groups in total. The van der Waals surface area contributed by atoms with Crippen molar-refractivity contribution in [3.05, 3.63) is 48.0 Å². The van der Waals surface area contributed by atoms with Crippen molar-refractivity contribution < 1.29 is 9.59 Å². The van der Waals surface area contributed by atoms with E-state index in [1.165, 1.54) is 10.8 Å². The number of rotatable bonds is 4. The second-order valence-electron chi connectivity index (χ2n) is 7.57. The molecule has 3 rings (SSSR count). The lowest BCUT2D eigenvalue weighted by atomic mass is 9.98. The molecule has 1 aliphatic heterocycles. The first-order chi connectivity index (χ1) is 12.5. The highest BCUT2D eigenvalue weighted by Crippen LogP contribution is 2.22. The molecule has 1 fully saturated rings. The number of carbonyl (C=O) groups is 2. The number of amides is 2. The van der Waals surface area contributed by atoms with E-state index >= 15 is 0 Å². The molecule has 2 aromatic rings. The first kappa shape index (κ1) is 18.4. The van der Waals surface area contributed by atoms with E-state index in [-0.39, 0.29) is 23.8 Å². The van der Waals surface area contributed by atoms with Crippen LogP contribution in [0.3, 0.4) is 0 Å². The number of likely N-dealkylation sites (N-methyl/N-ethyl adjacent to an activating group) is 1. The van der Waals surface area contributed by atoms with Crippen LogP contribution < -0.4 is 0 Å². The second kappa shape index (κ2) is 7.90. The standard InChI is InChI=1S/C22H28N2O2/c1-16(2)21(25)24-13-7-6-10-20(24)22(26)23(3)15-17-11-12-18-8-4-5-9-19(18)14-17/h4-5,8-9,11-12,14,16,20H,6-7,10,13,15H2,1-3H3/t20-/m0/s1. The second-order valence-corrected chi connectivity index (χ2v) is 7.57. The molecule has 1 saturated heterocycles. The first-order valence-electron chi connectivity index (χ1n) is 9.50. The van der Waals surface area contributed by atoms with Crippen LogP contribution in [0.15, 0.2) is 42.5 Å². The molecule has 0 bridgehead atoms. The Kier molecular flexibility index (Phi) is 5.60. The zero-order valence-electron chi connectivity index (χ0n) is 15.9. The van der Waals surface area contributed by atoms with Gasteiger partial charge in [-0.2, -0.15) is 0 Å². The summed E-state index contributed by atoms with van der Waals surface area (Å²) in [5.41, 5.74) is 1.11. The van der Waals surface area contributed by atoms with E-state index in [0.29, 0.717) is 13.1 Å². The van der Waals surface area contributed by atoms with Crippen LogP contribution >= 0.6 is 0 Å². The zero-order valence-corrected chi connectivity index (χ0v) is 15.9. The third-order valence-electron chi connectivity index (χ3n) is 5.17. The van der Waals surface area contributed by atoms with E-state index in [2.05, 4.69) is 30.3 Å². The molecule has 0 spiro atoms. The Labute approximate surface area is 155 Å². The molecule has 1 atom stereocenters. The summed E-state index contributed by atoms with van der Waals surface area (Å²) in [6.45, 7) is 5.05. The monoisotopic (exact) mass is 352 g/mol. The Morgan fingerprint density at radius 3 is 2.58 bits per heavy atom. The van der Waals surface area contributed by atoms with Crippen molar-refractivity contribution in [2.24, 2.45) is 5.92 Å². The van der Waals surface area contributed by atoms with E-state index in [1.54, 1.807) is 9.80 Å². The molecule has 4 nitrogen and oxygen atoms in total. The summed E-state index contributed by atoms with van der Waals surface area (Å²) < 4.78 is 0. The molecule has 2 amide bonds. The number of carbonyl (C=O) groups excluding carboxylic acids is 2. The number of likely N-dealkylation sites (tertiary alicyclic amines) is 1. The number of hydrogen-bond donors (Lipinski definition) is 0. The van der Waals surface area contributed by atoms with Gasteiger partial charge in [-0.3, -0.25) is 9.59 Å². The Hall–Kier alpha value is -2.36. The van der Waals surface area contributed by atoms with Crippen molar-refractivity contribution in [3.8, 4) is 0 Å². The Balaban J connectivity index is 1.73. The molecule has 138 valence electrons. The van der Waals surface area contributed by atoms with Gasteiger partial charge in [-0.05, 0) is 41.7 Å². The van der Waals surface area contributed by atoms with Gasteiger partial charge >= 0.3 is 0 Å². The molecular weight excluding hydrogens is 324 g/mol. The van der Waals surface area contributed by atoms with Gasteiger partial charge in [-0.1, -0.05) is 50.2 Å². The average molecular weight is 352 g/mol. The Morgan fingerprint density at radius 2 is 1.85 bits per heavy atom. The quantitative estimate of drug-likeness (QED) is 0.839. The molecule has 2 aromatic carbocycles. The minimum atomic E-state index is -0.316. The number of fused-ring (bicyclic) bond motifs is 1. The molecule has 1 aliphatic rings. The lowest BCUT2D eigenvalue weighted by Crippen LogP contribution is -2.53. The van der Waals surface area contributed by atoms with Crippen molar-refractivity contribution in [1.82, 2.24) is 9.80 Å². The zero-order chi connectivity index (χ0) is 18.7. The number of hydrogen-bond acceptors (Lipinski definition) is 2. The van der Waals surface area contributed by atoms with Crippen molar-refractivity contribution >= 4 is 22.6 Å². The van der Waals surface area contributed by atoms with Crippen molar-refractivity contribution in [3.63, 3.8) is 0 Å². The van der Waals surface area contributed by atoms with Gasteiger partial charge in [-0.25, -0.2) is 0 Å². The number of nitrogens with zero attached hydrogens (tertiary/aromatic N) is 2. The predicted molar refractivity (Wildman–Crippen MR) is 105 cm³/mol. The van der Waals surface area contributed by atoms with Crippen molar-refractivity contribution in [2.45, 2.75) is 45.7 Å². The van der Waals surface area contributed by atoms with Crippen LogP contribution in [0.1, 0.15) is 38.7 Å². The average Bonchev–Trinajstić information content (AvgIpc) is 2.66. The summed E-state index contributed by atoms with van der Waals surface area (Å²) >= 11 is 0. The largest absolute Gasteiger partial charge is 0.340 e. The normalized spacial score (nSPS) is 17.5. The number of piperidine rings is 1. The van der Waals surface area contributed by atoms with Gasteiger partial charge in [-0.15, -0.1) is 0 Å². The molecule has 4 heteroatoms. The summed E-state index contributed by atoms with van der Waals surface area (Å²) in [4.78, 5) is 29.1. The molecule has 1 heterocycles. The van der Waals surface area contributed by atoms with Gasteiger partial charge in [0.05, 0.1) is 0 Å². The highest BCUT2D eigenvalue weighted by molar-refractivity contribution is 5.88. The third-order valence-corrected chi connectivity index (χ3v) is 5.17. The van der Waals surface area contributed by atoms with Crippen LogP contribution in [0.2, 0.25) is 0 Å². The Morgan fingerprint density at radius 1 is 1.12 bits per heavy atom. The maximum atomic E-state index is 13.0. The van der Waals surface area contributed by atoms with Gasteiger partial charge < -0.3 is 9.80 Å². The molecule has 26 heavy (non-hydrogen) atoms. The summed E-state index contributed by atoms with van der Waals surface area (Å²) in [6.07, 6.45) is 2.75. The van der Waals surface area contributed by atoms with Crippen LogP contribution in [0.5, 0.6) is 0 Å². The fourth-order valence-corrected chi connectivity index (χ4v) is 3.73. The van der Waals surface area contributed by atoms with Crippen LogP contribution in [0.4, 0.5) is 0 Å². The van der Waals surface area contributed by atoms with Crippen LogP contribution in [0, 0.1) is 5.92 Å². The summed E-state index contributed by atoms with van der Waals surface area (Å²) in [5.74, 6) is 0.0585. The lowest BCUT2D eigenvalue weighted by Gasteiger charge is -2.37. The number of benzene rings is 2. The van der Waals surface area contributed by atoms with E-state index in [0.717, 1.165) is 24.8 Å². The van der Waals surface area contributed by atoms with Crippen molar-refractivity contribution in [1.29, 1.82) is 0 Å².